The molecule has 1 fully saturated rings. The van der Waals surface area contributed by atoms with E-state index in [4.69, 9.17) is 0 Å². The Morgan fingerprint density at radius 1 is 1.19 bits per heavy atom. The molecule has 1 unspecified atom stereocenters. The Labute approximate surface area is 154 Å². The molecule has 0 aromatic carbocycles. The molecule has 0 aliphatic heterocycles. The molecule has 148 valence electrons. The molecule has 27 heavy (non-hydrogen) atoms. The zero-order valence-corrected chi connectivity index (χ0v) is 15.5. The molecule has 2 aromatic rings. The first kappa shape index (κ1) is 19.2. The van der Waals surface area contributed by atoms with Crippen LogP contribution in [0.5, 0.6) is 0 Å². The smallest absolute Gasteiger partial charge is 0.366 e. The molecule has 1 aliphatic carbocycles. The van der Waals surface area contributed by atoms with Crippen LogP contribution < -0.4 is 10.6 Å². The first-order valence-corrected chi connectivity index (χ1v) is 8.87. The highest BCUT2D eigenvalue weighted by Gasteiger charge is 2.35. The van der Waals surface area contributed by atoms with Crippen LogP contribution in [0.15, 0.2) is 12.1 Å². The predicted octanol–water partition coefficient (Wildman–Crippen LogP) is 3.02. The number of hydrogen-bond acceptors (Lipinski definition) is 4. The van der Waals surface area contributed by atoms with Crippen molar-refractivity contribution in [2.75, 3.05) is 5.32 Å². The molecule has 1 atom stereocenters. The average Bonchev–Trinajstić information content (AvgIpc) is 3.27. The average molecular weight is 384 g/mol. The van der Waals surface area contributed by atoms with Crippen molar-refractivity contribution < 1.29 is 18.0 Å². The molecular formula is C17H23F3N6O. The van der Waals surface area contributed by atoms with Crippen LogP contribution in [-0.4, -0.2) is 31.5 Å². The predicted molar refractivity (Wildman–Crippen MR) is 93.2 cm³/mol. The summed E-state index contributed by atoms with van der Waals surface area (Å²) in [6.07, 6.45) is 0.0358. The van der Waals surface area contributed by atoms with Gasteiger partial charge < -0.3 is 10.6 Å². The maximum atomic E-state index is 12.8. The molecule has 3 rings (SSSR count). The number of rotatable bonds is 5. The number of alkyl halides is 3. The molecule has 2 N–H and O–H groups in total. The van der Waals surface area contributed by atoms with Crippen molar-refractivity contribution in [3.63, 3.8) is 0 Å². The Balaban J connectivity index is 1.69. The van der Waals surface area contributed by atoms with Gasteiger partial charge in [0.2, 0.25) is 0 Å². The van der Waals surface area contributed by atoms with Crippen molar-refractivity contribution in [2.24, 2.45) is 14.1 Å². The fraction of sp³-hybridized carbons (Fsp3) is 0.588. The lowest BCUT2D eigenvalue weighted by Crippen LogP contribution is -2.29. The van der Waals surface area contributed by atoms with Crippen molar-refractivity contribution in [3.8, 4) is 0 Å². The summed E-state index contributed by atoms with van der Waals surface area (Å²) in [6, 6.07) is 2.58. The number of carbonyl (C=O) groups is 1. The monoisotopic (exact) mass is 384 g/mol. The summed E-state index contributed by atoms with van der Waals surface area (Å²) in [7, 11) is 3.08. The van der Waals surface area contributed by atoms with Gasteiger partial charge in [0.05, 0.1) is 11.7 Å². The van der Waals surface area contributed by atoms with Gasteiger partial charge in [-0.15, -0.1) is 0 Å². The van der Waals surface area contributed by atoms with Gasteiger partial charge >= 0.3 is 6.18 Å². The molecule has 0 saturated heterocycles. The minimum atomic E-state index is -4.59. The van der Waals surface area contributed by atoms with E-state index in [1.165, 1.54) is 19.9 Å². The van der Waals surface area contributed by atoms with Gasteiger partial charge in [-0.3, -0.25) is 14.2 Å². The van der Waals surface area contributed by atoms with E-state index in [1.54, 1.807) is 18.7 Å². The van der Waals surface area contributed by atoms with Gasteiger partial charge in [-0.1, -0.05) is 12.8 Å². The lowest BCUT2D eigenvalue weighted by atomic mass is 10.2. The van der Waals surface area contributed by atoms with Gasteiger partial charge in [0.1, 0.15) is 11.5 Å². The van der Waals surface area contributed by atoms with Crippen LogP contribution in [-0.2, 0) is 20.3 Å². The van der Waals surface area contributed by atoms with Crippen molar-refractivity contribution in [1.29, 1.82) is 0 Å². The number of hydrogen-bond donors (Lipinski definition) is 2. The van der Waals surface area contributed by atoms with Crippen LogP contribution in [0.1, 0.15) is 60.5 Å². The van der Waals surface area contributed by atoms with Crippen molar-refractivity contribution >= 4 is 11.7 Å². The van der Waals surface area contributed by atoms with E-state index in [0.29, 0.717) is 6.04 Å². The molecule has 1 saturated carbocycles. The van der Waals surface area contributed by atoms with Gasteiger partial charge in [0, 0.05) is 32.3 Å². The SMILES string of the molecule is CC(NC(=O)c1cc(C(F)(F)F)nn1C)c1cc(NC2CCCC2)nn1C. The van der Waals surface area contributed by atoms with Gasteiger partial charge in [0.15, 0.2) is 5.69 Å². The molecule has 0 spiro atoms. The second kappa shape index (κ2) is 7.24. The Hall–Kier alpha value is -2.52. The fourth-order valence-electron chi connectivity index (χ4n) is 3.40. The molecule has 7 nitrogen and oxygen atoms in total. The van der Waals surface area contributed by atoms with Crippen molar-refractivity contribution in [1.82, 2.24) is 24.9 Å². The second-order valence-electron chi connectivity index (χ2n) is 6.94. The van der Waals surface area contributed by atoms with E-state index < -0.39 is 23.8 Å². The lowest BCUT2D eigenvalue weighted by Gasteiger charge is -2.14. The van der Waals surface area contributed by atoms with E-state index in [0.717, 1.165) is 35.1 Å². The maximum absolute atomic E-state index is 12.8. The summed E-state index contributed by atoms with van der Waals surface area (Å²) in [4.78, 5) is 12.4. The number of amides is 1. The van der Waals surface area contributed by atoms with E-state index in [-0.39, 0.29) is 5.69 Å². The Morgan fingerprint density at radius 2 is 1.85 bits per heavy atom. The summed E-state index contributed by atoms with van der Waals surface area (Å²) in [6.45, 7) is 1.76. The number of nitrogens with zero attached hydrogens (tertiary/aromatic N) is 4. The lowest BCUT2D eigenvalue weighted by molar-refractivity contribution is -0.141. The van der Waals surface area contributed by atoms with E-state index in [2.05, 4.69) is 20.8 Å². The number of anilines is 1. The molecule has 1 amide bonds. The van der Waals surface area contributed by atoms with Crippen LogP contribution >= 0.6 is 0 Å². The number of aromatic nitrogens is 4. The number of halogens is 3. The summed E-state index contributed by atoms with van der Waals surface area (Å²) >= 11 is 0. The first-order chi connectivity index (χ1) is 12.6. The summed E-state index contributed by atoms with van der Waals surface area (Å²) in [5.74, 6) is 0.111. The number of nitrogens with one attached hydrogen (secondary N) is 2. The van der Waals surface area contributed by atoms with Gasteiger partial charge in [-0.2, -0.15) is 23.4 Å². The van der Waals surface area contributed by atoms with E-state index in [1.807, 2.05) is 6.07 Å². The molecular weight excluding hydrogens is 361 g/mol. The Bertz CT molecular complexity index is 819. The highest BCUT2D eigenvalue weighted by atomic mass is 19.4. The fourth-order valence-corrected chi connectivity index (χ4v) is 3.40. The van der Waals surface area contributed by atoms with Crippen LogP contribution in [0, 0.1) is 0 Å². The third kappa shape index (κ3) is 4.25. The molecule has 10 heteroatoms. The van der Waals surface area contributed by atoms with Crippen molar-refractivity contribution in [2.45, 2.75) is 50.9 Å². The summed E-state index contributed by atoms with van der Waals surface area (Å²) < 4.78 is 40.9. The zero-order valence-electron chi connectivity index (χ0n) is 15.5. The minimum Gasteiger partial charge on any atom is -0.366 e. The normalized spacial score (nSPS) is 16.5. The van der Waals surface area contributed by atoms with Gasteiger partial charge in [-0.25, -0.2) is 0 Å². The molecule has 0 radical (unpaired) electrons. The molecule has 2 aromatic heterocycles. The Kier molecular flexibility index (Phi) is 5.16. The summed E-state index contributed by atoms with van der Waals surface area (Å²) in [5.41, 5.74) is -0.492. The molecule has 0 bridgehead atoms. The number of carbonyl (C=O) groups excluding carboxylic acids is 1. The first-order valence-electron chi connectivity index (χ1n) is 8.87. The van der Waals surface area contributed by atoms with Gasteiger partial charge in [-0.05, 0) is 19.8 Å². The quantitative estimate of drug-likeness (QED) is 0.831. The van der Waals surface area contributed by atoms with Crippen molar-refractivity contribution in [3.05, 3.63) is 29.2 Å². The highest BCUT2D eigenvalue weighted by Crippen LogP contribution is 2.28. The maximum Gasteiger partial charge on any atom is 0.435 e. The van der Waals surface area contributed by atoms with Crippen LogP contribution in [0.3, 0.4) is 0 Å². The van der Waals surface area contributed by atoms with Crippen LogP contribution in [0.4, 0.5) is 19.0 Å². The summed E-state index contributed by atoms with van der Waals surface area (Å²) in [5, 5.41) is 13.9. The third-order valence-corrected chi connectivity index (χ3v) is 4.82. The second-order valence-corrected chi connectivity index (χ2v) is 6.94. The minimum absolute atomic E-state index is 0.152. The zero-order chi connectivity index (χ0) is 19.8. The van der Waals surface area contributed by atoms with E-state index in [9.17, 15) is 18.0 Å². The van der Waals surface area contributed by atoms with E-state index >= 15 is 0 Å². The highest BCUT2D eigenvalue weighted by molar-refractivity contribution is 5.92. The standard InChI is InChI=1S/C17H23F3N6O/c1-10(12-9-15(24-25(12)2)22-11-6-4-5-7-11)21-16(27)13-8-14(17(18,19)20)23-26(13)3/h8-11H,4-7H2,1-3H3,(H,21,27)(H,22,24). The largest absolute Gasteiger partial charge is 0.435 e. The number of aryl methyl sites for hydroxylation is 2. The Morgan fingerprint density at radius 3 is 2.44 bits per heavy atom. The van der Waals surface area contributed by atoms with Crippen LogP contribution in [0.25, 0.3) is 0 Å². The van der Waals surface area contributed by atoms with Gasteiger partial charge in [0.25, 0.3) is 5.91 Å². The van der Waals surface area contributed by atoms with Crippen LogP contribution in [0.2, 0.25) is 0 Å². The molecule has 2 heterocycles. The third-order valence-electron chi connectivity index (χ3n) is 4.82. The topological polar surface area (TPSA) is 76.8 Å². The molecule has 1 aliphatic rings.